The Morgan fingerprint density at radius 3 is 2.95 bits per heavy atom. The molecule has 0 saturated carbocycles. The van der Waals surface area contributed by atoms with Crippen LogP contribution >= 0.6 is 11.6 Å². The number of aromatic nitrogens is 2. The van der Waals surface area contributed by atoms with Gasteiger partial charge >= 0.3 is 0 Å². The molecule has 106 valence electrons. The monoisotopic (exact) mass is 301 g/mol. The van der Waals surface area contributed by atoms with E-state index in [-0.39, 0.29) is 5.56 Å². The number of aromatic amines is 1. The predicted molar refractivity (Wildman–Crippen MR) is 82.6 cm³/mol. The van der Waals surface area contributed by atoms with Crippen LogP contribution in [0.4, 0.5) is 5.69 Å². The van der Waals surface area contributed by atoms with Crippen molar-refractivity contribution in [2.45, 2.75) is 6.61 Å². The SMILES string of the molecule is Nc1cc2c(=O)[nH]cnc2cc1OCc1cccc(Cl)c1. The molecule has 0 unspecified atom stereocenters. The molecular weight excluding hydrogens is 290 g/mol. The molecule has 0 fully saturated rings. The minimum absolute atomic E-state index is 0.229. The number of hydrogen-bond acceptors (Lipinski definition) is 4. The molecule has 1 heterocycles. The molecule has 0 radical (unpaired) electrons. The number of nitrogens with zero attached hydrogens (tertiary/aromatic N) is 1. The maximum Gasteiger partial charge on any atom is 0.258 e. The quantitative estimate of drug-likeness (QED) is 0.729. The molecule has 21 heavy (non-hydrogen) atoms. The van der Waals surface area contributed by atoms with Crippen molar-refractivity contribution >= 4 is 28.2 Å². The number of benzene rings is 2. The molecule has 0 bridgehead atoms. The van der Waals surface area contributed by atoms with Gasteiger partial charge in [-0.25, -0.2) is 4.98 Å². The van der Waals surface area contributed by atoms with Gasteiger partial charge in [0.15, 0.2) is 0 Å². The van der Waals surface area contributed by atoms with Gasteiger partial charge in [-0.15, -0.1) is 0 Å². The van der Waals surface area contributed by atoms with E-state index in [1.807, 2.05) is 18.2 Å². The number of halogens is 1. The fraction of sp³-hybridized carbons (Fsp3) is 0.0667. The molecule has 0 spiro atoms. The van der Waals surface area contributed by atoms with Crippen molar-refractivity contribution in [3.05, 3.63) is 63.7 Å². The fourth-order valence-electron chi connectivity index (χ4n) is 2.03. The molecule has 3 aromatic rings. The maximum atomic E-state index is 11.7. The van der Waals surface area contributed by atoms with Crippen LogP contribution in [0.5, 0.6) is 5.75 Å². The van der Waals surface area contributed by atoms with Crippen molar-refractivity contribution in [3.63, 3.8) is 0 Å². The third kappa shape index (κ3) is 2.83. The standard InChI is InChI=1S/C15H12ClN3O2/c16-10-3-1-2-9(4-10)7-21-14-6-13-11(5-12(14)17)15(20)19-8-18-13/h1-6,8H,7,17H2,(H,18,19,20). The van der Waals surface area contributed by atoms with E-state index in [9.17, 15) is 4.79 Å². The zero-order valence-electron chi connectivity index (χ0n) is 11.0. The summed E-state index contributed by atoms with van der Waals surface area (Å²) in [5, 5.41) is 1.08. The number of nitrogens with one attached hydrogen (secondary N) is 1. The molecule has 0 aliphatic carbocycles. The first-order valence-corrected chi connectivity index (χ1v) is 6.65. The van der Waals surface area contributed by atoms with Crippen molar-refractivity contribution in [1.29, 1.82) is 0 Å². The van der Waals surface area contributed by atoms with Gasteiger partial charge in [-0.3, -0.25) is 4.79 Å². The lowest BCUT2D eigenvalue weighted by molar-refractivity contribution is 0.308. The number of rotatable bonds is 3. The highest BCUT2D eigenvalue weighted by atomic mass is 35.5. The summed E-state index contributed by atoms with van der Waals surface area (Å²) in [5.74, 6) is 0.487. The largest absolute Gasteiger partial charge is 0.487 e. The van der Waals surface area contributed by atoms with Crippen molar-refractivity contribution in [3.8, 4) is 5.75 Å². The Labute approximate surface area is 125 Å². The maximum absolute atomic E-state index is 11.7. The lowest BCUT2D eigenvalue weighted by Crippen LogP contribution is -2.07. The Morgan fingerprint density at radius 2 is 2.14 bits per heavy atom. The summed E-state index contributed by atoms with van der Waals surface area (Å²) in [5.41, 5.74) is 7.55. The van der Waals surface area contributed by atoms with Crippen LogP contribution in [-0.2, 0) is 6.61 Å². The van der Waals surface area contributed by atoms with Crippen LogP contribution < -0.4 is 16.0 Å². The molecule has 2 aromatic carbocycles. The number of fused-ring (bicyclic) bond motifs is 1. The number of nitrogens with two attached hydrogens (primary N) is 1. The molecule has 5 nitrogen and oxygen atoms in total. The van der Waals surface area contributed by atoms with Gasteiger partial charge < -0.3 is 15.5 Å². The predicted octanol–water partition coefficient (Wildman–Crippen LogP) is 2.74. The van der Waals surface area contributed by atoms with Crippen LogP contribution in [0, 0.1) is 0 Å². The van der Waals surface area contributed by atoms with Gasteiger partial charge in [-0.2, -0.15) is 0 Å². The molecule has 3 N–H and O–H groups in total. The average Bonchev–Trinajstić information content (AvgIpc) is 2.46. The normalized spacial score (nSPS) is 10.7. The summed E-state index contributed by atoms with van der Waals surface area (Å²) in [6, 6.07) is 10.6. The van der Waals surface area contributed by atoms with Crippen molar-refractivity contribution in [1.82, 2.24) is 9.97 Å². The van der Waals surface area contributed by atoms with Crippen molar-refractivity contribution < 1.29 is 4.74 Å². The van der Waals surface area contributed by atoms with Gasteiger partial charge in [-0.1, -0.05) is 23.7 Å². The summed E-state index contributed by atoms with van der Waals surface area (Å²) in [6.07, 6.45) is 1.35. The lowest BCUT2D eigenvalue weighted by atomic mass is 10.2. The summed E-state index contributed by atoms with van der Waals surface area (Å²) in [4.78, 5) is 18.3. The Balaban J connectivity index is 1.90. The highest BCUT2D eigenvalue weighted by Gasteiger charge is 2.07. The second-order valence-electron chi connectivity index (χ2n) is 4.56. The summed E-state index contributed by atoms with van der Waals surface area (Å²) in [6.45, 7) is 0.333. The lowest BCUT2D eigenvalue weighted by Gasteiger charge is -2.10. The molecule has 0 amide bonds. The molecule has 1 aromatic heterocycles. The van der Waals surface area contributed by atoms with Gasteiger partial charge in [-0.05, 0) is 23.8 Å². The van der Waals surface area contributed by atoms with Gasteiger partial charge in [0.05, 0.1) is 22.9 Å². The van der Waals surface area contributed by atoms with Crippen LogP contribution in [0.25, 0.3) is 10.9 Å². The molecule has 0 aliphatic heterocycles. The van der Waals surface area contributed by atoms with Crippen LogP contribution in [0.2, 0.25) is 5.02 Å². The first kappa shape index (κ1) is 13.5. The van der Waals surface area contributed by atoms with E-state index in [4.69, 9.17) is 22.1 Å². The number of anilines is 1. The highest BCUT2D eigenvalue weighted by molar-refractivity contribution is 6.30. The topological polar surface area (TPSA) is 81.0 Å². The smallest absolute Gasteiger partial charge is 0.258 e. The minimum Gasteiger partial charge on any atom is -0.487 e. The van der Waals surface area contributed by atoms with E-state index >= 15 is 0 Å². The van der Waals surface area contributed by atoms with Crippen LogP contribution in [0.3, 0.4) is 0 Å². The van der Waals surface area contributed by atoms with E-state index < -0.39 is 0 Å². The summed E-state index contributed by atoms with van der Waals surface area (Å²) in [7, 11) is 0. The second kappa shape index (κ2) is 5.46. The van der Waals surface area contributed by atoms with Crippen molar-refractivity contribution in [2.24, 2.45) is 0 Å². The fourth-order valence-corrected chi connectivity index (χ4v) is 2.24. The molecule has 3 rings (SSSR count). The second-order valence-corrected chi connectivity index (χ2v) is 4.99. The zero-order chi connectivity index (χ0) is 14.8. The number of H-pyrrole nitrogens is 1. The average molecular weight is 302 g/mol. The molecule has 6 heteroatoms. The first-order chi connectivity index (χ1) is 10.1. The minimum atomic E-state index is -0.229. The van der Waals surface area contributed by atoms with Gasteiger partial charge in [0.1, 0.15) is 12.4 Å². The number of hydrogen-bond donors (Lipinski definition) is 2. The number of nitrogen functional groups attached to an aromatic ring is 1. The number of ether oxygens (including phenoxy) is 1. The Bertz CT molecular complexity index is 861. The van der Waals surface area contributed by atoms with Gasteiger partial charge in [0.25, 0.3) is 5.56 Å². The van der Waals surface area contributed by atoms with E-state index in [0.717, 1.165) is 5.56 Å². The van der Waals surface area contributed by atoms with E-state index in [1.165, 1.54) is 6.33 Å². The van der Waals surface area contributed by atoms with Crippen LogP contribution in [0.15, 0.2) is 47.5 Å². The van der Waals surface area contributed by atoms with Crippen molar-refractivity contribution in [2.75, 3.05) is 5.73 Å². The van der Waals surface area contributed by atoms with E-state index in [0.29, 0.717) is 34.0 Å². The first-order valence-electron chi connectivity index (χ1n) is 6.27. The Kier molecular flexibility index (Phi) is 3.50. The molecule has 0 saturated heterocycles. The molecule has 0 atom stereocenters. The van der Waals surface area contributed by atoms with Crippen LogP contribution in [0.1, 0.15) is 5.56 Å². The third-order valence-electron chi connectivity index (χ3n) is 3.06. The van der Waals surface area contributed by atoms with Gasteiger partial charge in [0.2, 0.25) is 0 Å². The van der Waals surface area contributed by atoms with Gasteiger partial charge in [0, 0.05) is 11.1 Å². The highest BCUT2D eigenvalue weighted by Crippen LogP contribution is 2.26. The molecule has 0 aliphatic rings. The zero-order valence-corrected chi connectivity index (χ0v) is 11.7. The Morgan fingerprint density at radius 1 is 1.29 bits per heavy atom. The van der Waals surface area contributed by atoms with E-state index in [2.05, 4.69) is 9.97 Å². The third-order valence-corrected chi connectivity index (χ3v) is 3.29. The Hall–Kier alpha value is -2.53. The molecular formula is C15H12ClN3O2. The summed E-state index contributed by atoms with van der Waals surface area (Å²) < 4.78 is 5.69. The van der Waals surface area contributed by atoms with Crippen LogP contribution in [-0.4, -0.2) is 9.97 Å². The summed E-state index contributed by atoms with van der Waals surface area (Å²) >= 11 is 5.92. The van der Waals surface area contributed by atoms with E-state index in [1.54, 1.807) is 18.2 Å².